The largest absolute Gasteiger partial charge is 0.473 e. The minimum atomic E-state index is -0.851. The highest BCUT2D eigenvalue weighted by Crippen LogP contribution is 2.28. The molecule has 7 nitrogen and oxygen atoms in total. The van der Waals surface area contributed by atoms with Gasteiger partial charge in [-0.2, -0.15) is 0 Å². The van der Waals surface area contributed by atoms with Crippen LogP contribution in [0.25, 0.3) is 0 Å². The molecule has 0 fully saturated rings. The first kappa shape index (κ1) is 13.9. The SMILES string of the molecule is CCC(Oc1ccc(C)cc1[N+](=O)[O-])C(=O)NN. The normalized spacial score (nSPS) is 11.7. The number of nitro benzene ring substituents is 1. The average Bonchev–Trinajstić information content (AvgIpc) is 2.36. The van der Waals surface area contributed by atoms with Gasteiger partial charge in [-0.3, -0.25) is 20.3 Å². The van der Waals surface area contributed by atoms with Crippen LogP contribution < -0.4 is 16.0 Å². The van der Waals surface area contributed by atoms with E-state index in [1.807, 2.05) is 5.43 Å². The number of hydrogen-bond donors (Lipinski definition) is 2. The molecule has 0 radical (unpaired) electrons. The van der Waals surface area contributed by atoms with Crippen molar-refractivity contribution in [1.29, 1.82) is 0 Å². The molecule has 0 saturated heterocycles. The third kappa shape index (κ3) is 3.17. The molecule has 0 aliphatic heterocycles. The van der Waals surface area contributed by atoms with Gasteiger partial charge < -0.3 is 4.74 Å². The monoisotopic (exact) mass is 253 g/mol. The van der Waals surface area contributed by atoms with Crippen molar-refractivity contribution < 1.29 is 14.5 Å². The molecule has 1 aromatic carbocycles. The third-order valence-corrected chi connectivity index (χ3v) is 2.39. The summed E-state index contributed by atoms with van der Waals surface area (Å²) in [5.41, 5.74) is 2.54. The van der Waals surface area contributed by atoms with Gasteiger partial charge in [-0.05, 0) is 25.0 Å². The second-order valence-electron chi connectivity index (χ2n) is 3.75. The molecule has 1 unspecified atom stereocenters. The van der Waals surface area contributed by atoms with Crippen molar-refractivity contribution in [2.24, 2.45) is 5.84 Å². The molecule has 0 bridgehead atoms. The number of nitrogens with two attached hydrogens (primary N) is 1. The highest BCUT2D eigenvalue weighted by Gasteiger charge is 2.22. The average molecular weight is 253 g/mol. The van der Waals surface area contributed by atoms with Crippen molar-refractivity contribution in [3.8, 4) is 5.75 Å². The highest BCUT2D eigenvalue weighted by atomic mass is 16.6. The Hall–Kier alpha value is -2.15. The second kappa shape index (κ2) is 5.97. The van der Waals surface area contributed by atoms with Crippen molar-refractivity contribution >= 4 is 11.6 Å². The summed E-state index contributed by atoms with van der Waals surface area (Å²) in [5, 5.41) is 10.9. The van der Waals surface area contributed by atoms with Crippen LogP contribution in [-0.4, -0.2) is 16.9 Å². The summed E-state index contributed by atoms with van der Waals surface area (Å²) < 4.78 is 5.33. The van der Waals surface area contributed by atoms with E-state index in [4.69, 9.17) is 10.6 Å². The van der Waals surface area contributed by atoms with Gasteiger partial charge in [0.2, 0.25) is 0 Å². The molecule has 98 valence electrons. The summed E-state index contributed by atoms with van der Waals surface area (Å²) in [6.07, 6.45) is -0.495. The van der Waals surface area contributed by atoms with Gasteiger partial charge in [0.25, 0.3) is 5.91 Å². The Morgan fingerprint density at radius 3 is 2.78 bits per heavy atom. The molecule has 18 heavy (non-hydrogen) atoms. The van der Waals surface area contributed by atoms with Crippen LogP contribution in [0.3, 0.4) is 0 Å². The van der Waals surface area contributed by atoms with Crippen molar-refractivity contribution in [2.45, 2.75) is 26.4 Å². The summed E-state index contributed by atoms with van der Waals surface area (Å²) in [7, 11) is 0. The molecule has 3 N–H and O–H groups in total. The van der Waals surface area contributed by atoms with Gasteiger partial charge in [-0.15, -0.1) is 0 Å². The number of carbonyl (C=O) groups is 1. The molecule has 0 saturated carbocycles. The Bertz CT molecular complexity index is 462. The number of nitrogens with one attached hydrogen (secondary N) is 1. The predicted molar refractivity (Wildman–Crippen MR) is 64.9 cm³/mol. The maximum Gasteiger partial charge on any atom is 0.311 e. The highest BCUT2D eigenvalue weighted by molar-refractivity contribution is 5.80. The van der Waals surface area contributed by atoms with Gasteiger partial charge in [-0.25, -0.2) is 5.84 Å². The zero-order valence-corrected chi connectivity index (χ0v) is 10.2. The number of hydrogen-bond acceptors (Lipinski definition) is 5. The number of ether oxygens (including phenoxy) is 1. The quantitative estimate of drug-likeness (QED) is 0.353. The lowest BCUT2D eigenvalue weighted by Crippen LogP contribution is -2.41. The van der Waals surface area contributed by atoms with E-state index in [0.29, 0.717) is 6.42 Å². The molecule has 0 aromatic heterocycles. The summed E-state index contributed by atoms with van der Waals surface area (Å²) >= 11 is 0. The van der Waals surface area contributed by atoms with Crippen LogP contribution in [0.5, 0.6) is 5.75 Å². The minimum absolute atomic E-state index is 0.0565. The van der Waals surface area contributed by atoms with Crippen LogP contribution in [0.4, 0.5) is 5.69 Å². The van der Waals surface area contributed by atoms with Crippen LogP contribution in [0.1, 0.15) is 18.9 Å². The van der Waals surface area contributed by atoms with Gasteiger partial charge in [0.05, 0.1) is 4.92 Å². The molecule has 1 atom stereocenters. The predicted octanol–water partition coefficient (Wildman–Crippen LogP) is 1.05. The summed E-state index contributed by atoms with van der Waals surface area (Å²) in [5.74, 6) is 4.55. The van der Waals surface area contributed by atoms with E-state index in [2.05, 4.69) is 0 Å². The maximum atomic E-state index is 11.4. The standard InChI is InChI=1S/C11H15N3O4/c1-3-9(11(15)13-12)18-10-5-4-7(2)6-8(10)14(16)17/h4-6,9H,3,12H2,1-2H3,(H,13,15). The number of hydrazine groups is 1. The van der Waals surface area contributed by atoms with Gasteiger partial charge >= 0.3 is 5.69 Å². The molecule has 0 aliphatic rings. The van der Waals surface area contributed by atoms with Gasteiger partial charge in [0, 0.05) is 6.07 Å². The van der Waals surface area contributed by atoms with Gasteiger partial charge in [-0.1, -0.05) is 13.0 Å². The minimum Gasteiger partial charge on any atom is -0.473 e. The molecule has 0 spiro atoms. The molecule has 1 amide bonds. The van der Waals surface area contributed by atoms with E-state index < -0.39 is 16.9 Å². The van der Waals surface area contributed by atoms with Crippen molar-refractivity contribution in [2.75, 3.05) is 0 Å². The Morgan fingerprint density at radius 2 is 2.28 bits per heavy atom. The van der Waals surface area contributed by atoms with Crippen LogP contribution in [0.2, 0.25) is 0 Å². The van der Waals surface area contributed by atoms with Crippen molar-refractivity contribution in [1.82, 2.24) is 5.43 Å². The summed E-state index contributed by atoms with van der Waals surface area (Å²) in [6, 6.07) is 4.54. The molecule has 0 aliphatic carbocycles. The van der Waals surface area contributed by atoms with E-state index in [0.717, 1.165) is 5.56 Å². The lowest BCUT2D eigenvalue weighted by Gasteiger charge is -2.15. The molecule has 1 aromatic rings. The number of benzene rings is 1. The van der Waals surface area contributed by atoms with E-state index in [1.165, 1.54) is 12.1 Å². The first-order chi connectivity index (χ1) is 8.49. The van der Waals surface area contributed by atoms with E-state index in [1.54, 1.807) is 19.9 Å². The van der Waals surface area contributed by atoms with Crippen LogP contribution >= 0.6 is 0 Å². The summed E-state index contributed by atoms with van der Waals surface area (Å²) in [6.45, 7) is 3.46. The Balaban J connectivity index is 3.02. The molecule has 1 rings (SSSR count). The van der Waals surface area contributed by atoms with Crippen LogP contribution in [0, 0.1) is 17.0 Å². The fourth-order valence-electron chi connectivity index (χ4n) is 1.44. The zero-order valence-electron chi connectivity index (χ0n) is 10.2. The maximum absolute atomic E-state index is 11.4. The smallest absolute Gasteiger partial charge is 0.311 e. The molecule has 0 heterocycles. The van der Waals surface area contributed by atoms with E-state index in [-0.39, 0.29) is 11.4 Å². The summed E-state index contributed by atoms with van der Waals surface area (Å²) in [4.78, 5) is 21.7. The van der Waals surface area contributed by atoms with Crippen molar-refractivity contribution in [3.63, 3.8) is 0 Å². The number of nitro groups is 1. The van der Waals surface area contributed by atoms with Gasteiger partial charge in [0.15, 0.2) is 11.9 Å². The number of amides is 1. The number of nitrogens with zero attached hydrogens (tertiary/aromatic N) is 1. The van der Waals surface area contributed by atoms with Crippen LogP contribution in [-0.2, 0) is 4.79 Å². The first-order valence-corrected chi connectivity index (χ1v) is 5.41. The van der Waals surface area contributed by atoms with Gasteiger partial charge in [0.1, 0.15) is 0 Å². The Morgan fingerprint density at radius 1 is 1.61 bits per heavy atom. The fourth-order valence-corrected chi connectivity index (χ4v) is 1.44. The second-order valence-corrected chi connectivity index (χ2v) is 3.75. The molecular weight excluding hydrogens is 238 g/mol. The molecule has 7 heteroatoms. The first-order valence-electron chi connectivity index (χ1n) is 5.41. The van der Waals surface area contributed by atoms with E-state index >= 15 is 0 Å². The lowest BCUT2D eigenvalue weighted by molar-refractivity contribution is -0.386. The number of aryl methyl sites for hydroxylation is 1. The Labute approximate surface area is 104 Å². The van der Waals surface area contributed by atoms with Crippen molar-refractivity contribution in [3.05, 3.63) is 33.9 Å². The number of carbonyl (C=O) groups excluding carboxylic acids is 1. The zero-order chi connectivity index (χ0) is 13.7. The molecular formula is C11H15N3O4. The van der Waals surface area contributed by atoms with E-state index in [9.17, 15) is 14.9 Å². The topological polar surface area (TPSA) is 107 Å². The fraction of sp³-hybridized carbons (Fsp3) is 0.364. The Kier molecular flexibility index (Phi) is 4.61. The lowest BCUT2D eigenvalue weighted by atomic mass is 10.2. The third-order valence-electron chi connectivity index (χ3n) is 2.39. The number of rotatable bonds is 5. The van der Waals surface area contributed by atoms with Crippen LogP contribution in [0.15, 0.2) is 18.2 Å².